The summed E-state index contributed by atoms with van der Waals surface area (Å²) in [6, 6.07) is 28.9. The molecule has 0 aliphatic heterocycles. The van der Waals surface area contributed by atoms with Gasteiger partial charge >= 0.3 is 0 Å². The van der Waals surface area contributed by atoms with Crippen molar-refractivity contribution in [2.24, 2.45) is 7.05 Å². The van der Waals surface area contributed by atoms with Gasteiger partial charge in [-0.3, -0.25) is 0 Å². The number of nitrogens with zero attached hydrogens (tertiary/aromatic N) is 2. The highest BCUT2D eigenvalue weighted by Gasteiger charge is 2.17. The van der Waals surface area contributed by atoms with Crippen LogP contribution >= 0.6 is 11.6 Å². The number of fused-ring (bicyclic) bond motifs is 1. The van der Waals surface area contributed by atoms with Crippen LogP contribution in [0.3, 0.4) is 0 Å². The molecule has 0 radical (unpaired) electrons. The van der Waals surface area contributed by atoms with Gasteiger partial charge in [-0.2, -0.15) is 0 Å². The Hall–Kier alpha value is -3.76. The van der Waals surface area contributed by atoms with E-state index in [4.69, 9.17) is 21.3 Å². The van der Waals surface area contributed by atoms with Crippen LogP contribution in [0.15, 0.2) is 84.9 Å². The summed E-state index contributed by atoms with van der Waals surface area (Å²) in [5.74, 6) is 1.42. The molecule has 1 heterocycles. The maximum atomic E-state index is 6.22. The van der Waals surface area contributed by atoms with E-state index in [1.165, 1.54) is 16.7 Å². The van der Waals surface area contributed by atoms with Crippen molar-refractivity contribution >= 4 is 34.3 Å². The number of halogens is 1. The van der Waals surface area contributed by atoms with Gasteiger partial charge in [0.1, 0.15) is 5.75 Å². The van der Waals surface area contributed by atoms with Crippen LogP contribution in [-0.4, -0.2) is 16.7 Å². The van der Waals surface area contributed by atoms with Crippen molar-refractivity contribution in [2.75, 3.05) is 12.4 Å². The van der Waals surface area contributed by atoms with Gasteiger partial charge < -0.3 is 14.6 Å². The molecular weight excluding hydrogens is 430 g/mol. The Balaban J connectivity index is 1.66. The van der Waals surface area contributed by atoms with Gasteiger partial charge in [-0.25, -0.2) is 4.98 Å². The van der Waals surface area contributed by atoms with E-state index in [2.05, 4.69) is 70.5 Å². The summed E-state index contributed by atoms with van der Waals surface area (Å²) in [6.07, 6.45) is 0. The lowest BCUT2D eigenvalue weighted by Gasteiger charge is -2.15. The third kappa shape index (κ3) is 3.83. The number of ether oxygens (including phenoxy) is 1. The lowest BCUT2D eigenvalue weighted by Crippen LogP contribution is -2.03. The highest BCUT2D eigenvalue weighted by Crippen LogP contribution is 2.38. The number of methoxy groups -OCH3 is 1. The molecule has 0 spiro atoms. The smallest absolute Gasteiger partial charge is 0.208 e. The fourth-order valence-electron chi connectivity index (χ4n) is 4.33. The zero-order chi connectivity index (χ0) is 22.9. The summed E-state index contributed by atoms with van der Waals surface area (Å²) >= 11 is 6.22. The van der Waals surface area contributed by atoms with E-state index >= 15 is 0 Å². The number of imidazole rings is 1. The molecule has 4 aromatic carbocycles. The first-order valence-corrected chi connectivity index (χ1v) is 11.2. The van der Waals surface area contributed by atoms with Crippen LogP contribution in [-0.2, 0) is 7.05 Å². The quantitative estimate of drug-likeness (QED) is 0.297. The van der Waals surface area contributed by atoms with Crippen LogP contribution < -0.4 is 10.1 Å². The highest BCUT2D eigenvalue weighted by atomic mass is 35.5. The number of para-hydroxylation sites is 1. The average Bonchev–Trinajstić information content (AvgIpc) is 3.16. The third-order valence-corrected chi connectivity index (χ3v) is 6.14. The van der Waals surface area contributed by atoms with E-state index in [-0.39, 0.29) is 0 Å². The summed E-state index contributed by atoms with van der Waals surface area (Å²) in [7, 11) is 3.67. The Morgan fingerprint density at radius 1 is 0.848 bits per heavy atom. The molecule has 33 heavy (non-hydrogen) atoms. The van der Waals surface area contributed by atoms with Gasteiger partial charge in [-0.1, -0.05) is 78.3 Å². The topological polar surface area (TPSA) is 39.1 Å². The second kappa shape index (κ2) is 8.64. The molecule has 0 aliphatic carbocycles. The first-order chi connectivity index (χ1) is 16.1. The molecule has 0 atom stereocenters. The zero-order valence-electron chi connectivity index (χ0n) is 18.8. The molecule has 4 nitrogen and oxygen atoms in total. The predicted octanol–water partition coefficient (Wildman–Crippen LogP) is 7.62. The SMILES string of the molecule is COc1cc(Cl)cc(C)c1Nc1nc2cccc(-c3ccccc3-c3ccccc3)c2n1C. The third-order valence-electron chi connectivity index (χ3n) is 5.92. The van der Waals surface area contributed by atoms with Gasteiger partial charge in [0.15, 0.2) is 0 Å². The number of hydrogen-bond donors (Lipinski definition) is 1. The Morgan fingerprint density at radius 2 is 1.55 bits per heavy atom. The van der Waals surface area contributed by atoms with Crippen molar-refractivity contribution < 1.29 is 4.74 Å². The molecule has 0 unspecified atom stereocenters. The lowest BCUT2D eigenvalue weighted by atomic mass is 9.94. The minimum Gasteiger partial charge on any atom is -0.495 e. The number of nitrogens with one attached hydrogen (secondary N) is 1. The van der Waals surface area contributed by atoms with Crippen LogP contribution in [0.4, 0.5) is 11.6 Å². The first kappa shape index (κ1) is 21.1. The van der Waals surface area contributed by atoms with Gasteiger partial charge in [0, 0.05) is 23.7 Å². The lowest BCUT2D eigenvalue weighted by molar-refractivity contribution is 0.416. The molecule has 1 aromatic heterocycles. The normalized spacial score (nSPS) is 11.0. The summed E-state index contributed by atoms with van der Waals surface area (Å²) in [5, 5.41) is 4.11. The fraction of sp³-hybridized carbons (Fsp3) is 0.107. The number of hydrogen-bond acceptors (Lipinski definition) is 3. The highest BCUT2D eigenvalue weighted by molar-refractivity contribution is 6.31. The van der Waals surface area contributed by atoms with Crippen molar-refractivity contribution in [3.05, 3.63) is 95.5 Å². The standard InChI is InChI=1S/C28H24ClN3O/c1-18-16-20(29)17-25(33-3)26(18)31-28-30-24-15-9-14-23(27(24)32(28)2)22-13-8-7-12-21(22)19-10-5-4-6-11-19/h4-17H,1-3H3,(H,30,31). The number of aryl methyl sites for hydroxylation is 2. The van der Waals surface area contributed by atoms with Gasteiger partial charge in [0.05, 0.1) is 23.8 Å². The average molecular weight is 454 g/mol. The van der Waals surface area contributed by atoms with Gasteiger partial charge in [-0.15, -0.1) is 0 Å². The molecule has 0 aliphatic rings. The largest absolute Gasteiger partial charge is 0.495 e. The number of anilines is 2. The molecule has 164 valence electrons. The monoisotopic (exact) mass is 453 g/mol. The summed E-state index contributed by atoms with van der Waals surface area (Å²) in [5.41, 5.74) is 8.51. The van der Waals surface area contributed by atoms with Gasteiger partial charge in [0.2, 0.25) is 5.95 Å². The van der Waals surface area contributed by atoms with Crippen LogP contribution in [0, 0.1) is 6.92 Å². The van der Waals surface area contributed by atoms with E-state index < -0.39 is 0 Å². The van der Waals surface area contributed by atoms with E-state index in [1.807, 2.05) is 32.2 Å². The van der Waals surface area contributed by atoms with Gasteiger partial charge in [0.25, 0.3) is 0 Å². The molecule has 5 aromatic rings. The Bertz CT molecular complexity index is 1460. The van der Waals surface area contributed by atoms with Crippen LogP contribution in [0.2, 0.25) is 5.02 Å². The molecular formula is C28H24ClN3O. The molecule has 0 fully saturated rings. The minimum absolute atomic E-state index is 0.639. The molecule has 5 rings (SSSR count). The second-order valence-corrected chi connectivity index (χ2v) is 8.44. The Kier molecular flexibility index (Phi) is 5.53. The summed E-state index contributed by atoms with van der Waals surface area (Å²) in [6.45, 7) is 2.00. The molecule has 0 amide bonds. The summed E-state index contributed by atoms with van der Waals surface area (Å²) < 4.78 is 7.66. The predicted molar refractivity (Wildman–Crippen MR) is 138 cm³/mol. The Labute approximate surface area is 198 Å². The fourth-order valence-corrected chi connectivity index (χ4v) is 4.59. The number of aromatic nitrogens is 2. The van der Waals surface area contributed by atoms with Crippen molar-refractivity contribution in [3.8, 4) is 28.0 Å². The van der Waals surface area contributed by atoms with Crippen molar-refractivity contribution in [1.29, 1.82) is 0 Å². The molecule has 0 saturated carbocycles. The Morgan fingerprint density at radius 3 is 2.30 bits per heavy atom. The van der Waals surface area contributed by atoms with E-state index in [9.17, 15) is 0 Å². The molecule has 0 bridgehead atoms. The molecule has 1 N–H and O–H groups in total. The number of rotatable bonds is 5. The van der Waals surface area contributed by atoms with Crippen molar-refractivity contribution in [2.45, 2.75) is 6.92 Å². The zero-order valence-corrected chi connectivity index (χ0v) is 19.5. The summed E-state index contributed by atoms with van der Waals surface area (Å²) in [4.78, 5) is 4.90. The van der Waals surface area contributed by atoms with Crippen molar-refractivity contribution in [3.63, 3.8) is 0 Å². The second-order valence-electron chi connectivity index (χ2n) is 8.00. The van der Waals surface area contributed by atoms with E-state index in [0.717, 1.165) is 33.8 Å². The first-order valence-electron chi connectivity index (χ1n) is 10.8. The molecule has 5 heteroatoms. The van der Waals surface area contributed by atoms with Crippen LogP contribution in [0.25, 0.3) is 33.3 Å². The maximum Gasteiger partial charge on any atom is 0.208 e. The van der Waals surface area contributed by atoms with Crippen LogP contribution in [0.5, 0.6) is 5.75 Å². The van der Waals surface area contributed by atoms with E-state index in [1.54, 1.807) is 13.2 Å². The van der Waals surface area contributed by atoms with Crippen LogP contribution in [0.1, 0.15) is 5.56 Å². The molecule has 0 saturated heterocycles. The maximum absolute atomic E-state index is 6.22. The number of benzene rings is 4. The van der Waals surface area contributed by atoms with E-state index in [0.29, 0.717) is 10.8 Å². The van der Waals surface area contributed by atoms with Crippen molar-refractivity contribution in [1.82, 2.24) is 9.55 Å². The van der Waals surface area contributed by atoms with Gasteiger partial charge in [-0.05, 0) is 41.3 Å². The minimum atomic E-state index is 0.639.